The number of carbonyl (C=O) groups is 3. The van der Waals surface area contributed by atoms with Crippen molar-refractivity contribution in [2.45, 2.75) is 11.4 Å². The molecule has 1 aromatic heterocycles. The average Bonchev–Trinajstić information content (AvgIpc) is 3.26. The van der Waals surface area contributed by atoms with E-state index in [9.17, 15) is 14.4 Å². The number of ether oxygens (including phenoxy) is 1. The van der Waals surface area contributed by atoms with Crippen LogP contribution < -0.4 is 5.32 Å². The fourth-order valence-corrected chi connectivity index (χ4v) is 4.26. The van der Waals surface area contributed by atoms with E-state index in [0.717, 1.165) is 5.57 Å². The molecule has 1 fully saturated rings. The minimum absolute atomic E-state index is 0.00323. The third-order valence-electron chi connectivity index (χ3n) is 4.10. The zero-order valence-corrected chi connectivity index (χ0v) is 13.9. The van der Waals surface area contributed by atoms with Crippen LogP contribution in [0.2, 0.25) is 0 Å². The molecule has 3 aliphatic heterocycles. The lowest BCUT2D eigenvalue weighted by molar-refractivity contribution is -0.150. The number of amides is 2. The van der Waals surface area contributed by atoms with Crippen LogP contribution in [0.15, 0.2) is 39.4 Å². The molecule has 1 N–H and O–H groups in total. The molecule has 2 atom stereocenters. The molecule has 9 nitrogen and oxygen atoms in total. The number of esters is 1. The van der Waals surface area contributed by atoms with Crippen molar-refractivity contribution < 1.29 is 28.4 Å². The van der Waals surface area contributed by atoms with Gasteiger partial charge in [0.1, 0.15) is 30.8 Å². The Morgan fingerprint density at radius 2 is 2.32 bits per heavy atom. The largest absolute Gasteiger partial charge is 0.472 e. The Bertz CT molecular complexity index is 815. The van der Waals surface area contributed by atoms with E-state index < -0.39 is 17.9 Å². The van der Waals surface area contributed by atoms with E-state index in [1.54, 1.807) is 6.07 Å². The zero-order valence-electron chi connectivity index (χ0n) is 13.1. The van der Waals surface area contributed by atoms with Crippen LogP contribution >= 0.6 is 11.8 Å². The second-order valence-electron chi connectivity index (χ2n) is 5.52. The maximum absolute atomic E-state index is 12.5. The Labute approximate surface area is 146 Å². The number of hydrogen-bond donors (Lipinski definition) is 1. The lowest BCUT2D eigenvalue weighted by Gasteiger charge is -2.48. The molecule has 0 saturated carbocycles. The zero-order chi connectivity index (χ0) is 17.6. The van der Waals surface area contributed by atoms with Gasteiger partial charge in [0.15, 0.2) is 5.71 Å². The first-order chi connectivity index (χ1) is 12.1. The van der Waals surface area contributed by atoms with Gasteiger partial charge in [0.2, 0.25) is 0 Å². The number of thioether (sulfide) groups is 1. The predicted molar refractivity (Wildman–Crippen MR) is 85.3 cm³/mol. The quantitative estimate of drug-likeness (QED) is 0.342. The van der Waals surface area contributed by atoms with Gasteiger partial charge in [-0.25, -0.2) is 4.79 Å². The average molecular weight is 363 g/mol. The Morgan fingerprint density at radius 1 is 1.48 bits per heavy atom. The Balaban J connectivity index is 1.51. The van der Waals surface area contributed by atoms with Crippen LogP contribution in [0.3, 0.4) is 0 Å². The van der Waals surface area contributed by atoms with Crippen LogP contribution in [-0.2, 0) is 24.0 Å². The molecule has 2 amide bonds. The lowest BCUT2D eigenvalue weighted by atomic mass is 10.0. The third-order valence-corrected chi connectivity index (χ3v) is 5.44. The fraction of sp³-hybridized carbons (Fsp3) is 0.333. The van der Waals surface area contributed by atoms with Gasteiger partial charge in [-0.3, -0.25) is 14.5 Å². The molecule has 0 spiro atoms. The van der Waals surface area contributed by atoms with Gasteiger partial charge in [0.25, 0.3) is 11.8 Å². The highest BCUT2D eigenvalue weighted by molar-refractivity contribution is 8.00. The van der Waals surface area contributed by atoms with E-state index in [4.69, 9.17) is 14.0 Å². The van der Waals surface area contributed by atoms with Gasteiger partial charge in [-0.05, 0) is 6.07 Å². The number of carbonyl (C=O) groups excluding carboxylic acids is 3. The van der Waals surface area contributed by atoms with Gasteiger partial charge >= 0.3 is 5.97 Å². The molecule has 25 heavy (non-hydrogen) atoms. The van der Waals surface area contributed by atoms with E-state index >= 15 is 0 Å². The van der Waals surface area contributed by atoms with E-state index in [2.05, 4.69) is 10.5 Å². The molecular formula is C15H13N3O6S. The molecular weight excluding hydrogens is 350 g/mol. The number of nitrogens with one attached hydrogen (secondary N) is 1. The van der Waals surface area contributed by atoms with E-state index in [1.807, 2.05) is 0 Å². The van der Waals surface area contributed by atoms with Gasteiger partial charge in [-0.1, -0.05) is 5.16 Å². The van der Waals surface area contributed by atoms with E-state index in [1.165, 1.54) is 36.3 Å². The molecule has 1 saturated heterocycles. The number of hydrogen-bond acceptors (Lipinski definition) is 8. The monoisotopic (exact) mass is 363 g/mol. The summed E-state index contributed by atoms with van der Waals surface area (Å²) in [5.41, 5.74) is 1.57. The minimum atomic E-state index is -0.742. The summed E-state index contributed by atoms with van der Waals surface area (Å²) >= 11 is 1.48. The number of fused-ring (bicyclic) bond motifs is 2. The SMILES string of the molecule is CO/N=C(/C(=O)N[C@@H]1C(=O)N2C3=C(COC3=O)CS[C@H]12)c1ccoc1. The summed E-state index contributed by atoms with van der Waals surface area (Å²) < 4.78 is 9.93. The summed E-state index contributed by atoms with van der Waals surface area (Å²) in [6.07, 6.45) is 2.76. The van der Waals surface area contributed by atoms with Crippen molar-refractivity contribution in [2.24, 2.45) is 5.16 Å². The van der Waals surface area contributed by atoms with Crippen LogP contribution in [0.1, 0.15) is 5.56 Å². The molecule has 4 rings (SSSR count). The highest BCUT2D eigenvalue weighted by atomic mass is 32.2. The standard InChI is InChI=1S/C15H13N3O6S/c1-22-17-9(7-2-3-23-4-7)12(19)16-10-13(20)18-11-8(5-24-15(11)21)6-25-14(10)18/h2-4,10,14H,5-6H2,1H3,(H,16,19)/b17-9+/t10-,14-/m1/s1. The second-order valence-corrected chi connectivity index (χ2v) is 6.63. The number of β-lactam (4-membered cyclic amide) rings is 1. The minimum Gasteiger partial charge on any atom is -0.472 e. The highest BCUT2D eigenvalue weighted by Gasteiger charge is 2.55. The first kappa shape index (κ1) is 15.8. The van der Waals surface area contributed by atoms with Crippen LogP contribution in [0, 0.1) is 0 Å². The predicted octanol–water partition coefficient (Wildman–Crippen LogP) is -0.159. The van der Waals surface area contributed by atoms with E-state index in [-0.39, 0.29) is 23.6 Å². The van der Waals surface area contributed by atoms with Crippen molar-refractivity contribution in [1.29, 1.82) is 0 Å². The molecule has 0 aromatic carbocycles. The summed E-state index contributed by atoms with van der Waals surface area (Å²) in [5, 5.41) is 6.02. The van der Waals surface area contributed by atoms with Crippen molar-refractivity contribution in [3.05, 3.63) is 35.4 Å². The van der Waals surface area contributed by atoms with Gasteiger partial charge in [-0.15, -0.1) is 11.8 Å². The van der Waals surface area contributed by atoms with Crippen molar-refractivity contribution in [3.8, 4) is 0 Å². The van der Waals surface area contributed by atoms with Crippen LogP contribution in [0.4, 0.5) is 0 Å². The number of rotatable bonds is 4. The van der Waals surface area contributed by atoms with Gasteiger partial charge < -0.3 is 19.3 Å². The molecule has 0 radical (unpaired) electrons. The van der Waals surface area contributed by atoms with Gasteiger partial charge in [0, 0.05) is 16.9 Å². The normalized spacial score (nSPS) is 25.2. The van der Waals surface area contributed by atoms with Crippen LogP contribution in [0.25, 0.3) is 0 Å². The van der Waals surface area contributed by atoms with Crippen molar-refractivity contribution in [3.63, 3.8) is 0 Å². The van der Waals surface area contributed by atoms with Crippen molar-refractivity contribution >= 4 is 35.3 Å². The fourth-order valence-electron chi connectivity index (χ4n) is 2.93. The molecule has 10 heteroatoms. The Kier molecular flexibility index (Phi) is 3.75. The lowest BCUT2D eigenvalue weighted by Crippen LogP contribution is -2.70. The molecule has 0 bridgehead atoms. The summed E-state index contributed by atoms with van der Waals surface area (Å²) in [7, 11) is 1.32. The second kappa shape index (κ2) is 5.96. The number of furan rings is 1. The molecule has 0 unspecified atom stereocenters. The van der Waals surface area contributed by atoms with Crippen molar-refractivity contribution in [1.82, 2.24) is 10.2 Å². The van der Waals surface area contributed by atoms with Crippen molar-refractivity contribution in [2.75, 3.05) is 19.5 Å². The number of nitrogens with zero attached hydrogens (tertiary/aromatic N) is 2. The van der Waals surface area contributed by atoms with Crippen LogP contribution in [-0.4, -0.2) is 59.3 Å². The molecule has 1 aromatic rings. The molecule has 130 valence electrons. The van der Waals surface area contributed by atoms with Crippen LogP contribution in [0.5, 0.6) is 0 Å². The Hall–Kier alpha value is -2.75. The summed E-state index contributed by atoms with van der Waals surface area (Å²) in [6.45, 7) is 0.222. The topological polar surface area (TPSA) is 110 Å². The third kappa shape index (κ3) is 2.40. The molecule has 3 aliphatic rings. The maximum Gasteiger partial charge on any atom is 0.355 e. The summed E-state index contributed by atoms with van der Waals surface area (Å²) in [4.78, 5) is 42.9. The summed E-state index contributed by atoms with van der Waals surface area (Å²) in [5.74, 6) is -0.808. The molecule has 4 heterocycles. The van der Waals surface area contributed by atoms with E-state index in [0.29, 0.717) is 17.0 Å². The Morgan fingerprint density at radius 3 is 3.04 bits per heavy atom. The number of cyclic esters (lactones) is 1. The van der Waals surface area contributed by atoms with Gasteiger partial charge in [-0.2, -0.15) is 0 Å². The molecule has 0 aliphatic carbocycles. The smallest absolute Gasteiger partial charge is 0.355 e. The maximum atomic E-state index is 12.5. The summed E-state index contributed by atoms with van der Waals surface area (Å²) in [6, 6.07) is 0.821. The first-order valence-corrected chi connectivity index (χ1v) is 8.45. The highest BCUT2D eigenvalue weighted by Crippen LogP contribution is 2.42. The van der Waals surface area contributed by atoms with Gasteiger partial charge in [0.05, 0.1) is 12.5 Å². The number of oxime groups is 1. The first-order valence-electron chi connectivity index (χ1n) is 7.40.